The first kappa shape index (κ1) is 19.1. The average Bonchev–Trinajstić information content (AvgIpc) is 3.02. The summed E-state index contributed by atoms with van der Waals surface area (Å²) in [6.45, 7) is 2.72. The fourth-order valence-corrected chi connectivity index (χ4v) is 4.07. The number of aliphatic hydroxyl groups is 1. The van der Waals surface area contributed by atoms with Gasteiger partial charge in [0.15, 0.2) is 12.0 Å². The molecule has 0 amide bonds. The molecule has 3 N–H and O–H groups in total. The van der Waals surface area contributed by atoms with Gasteiger partial charge in [0.05, 0.1) is 0 Å². The summed E-state index contributed by atoms with van der Waals surface area (Å²) in [6.07, 6.45) is 3.13. The maximum atomic E-state index is 13.1. The van der Waals surface area contributed by atoms with Crippen LogP contribution in [-0.4, -0.2) is 28.6 Å². The van der Waals surface area contributed by atoms with E-state index in [0.29, 0.717) is 25.0 Å². The number of rotatable bonds is 5. The van der Waals surface area contributed by atoms with E-state index >= 15 is 0 Å². The summed E-state index contributed by atoms with van der Waals surface area (Å²) >= 11 is 0. The van der Waals surface area contributed by atoms with Crippen LogP contribution in [0.25, 0.3) is 10.9 Å². The smallest absolute Gasteiger partial charge is 0.176 e. The largest absolute Gasteiger partial charge is 0.511 e. The van der Waals surface area contributed by atoms with E-state index in [2.05, 4.69) is 29.0 Å². The van der Waals surface area contributed by atoms with Gasteiger partial charge in [-0.15, -0.1) is 0 Å². The Bertz CT molecular complexity index is 1110. The number of aryl methyl sites for hydroxylation is 1. The van der Waals surface area contributed by atoms with Crippen LogP contribution < -0.4 is 4.99 Å². The molecule has 0 unspecified atom stereocenters. The summed E-state index contributed by atoms with van der Waals surface area (Å²) in [4.78, 5) is 19.1. The molecule has 1 aromatic heterocycles. The molecule has 3 aromatic rings. The number of aromatic amines is 1. The van der Waals surface area contributed by atoms with Crippen molar-refractivity contribution in [3.63, 3.8) is 0 Å². The molecule has 5 heteroatoms. The summed E-state index contributed by atoms with van der Waals surface area (Å²) < 4.78 is 13.1. The standard InChI is InChI=1S/C24H23FN2O2/c1-15-19(20-4-2-3-5-22(20)27-15)10-11-26-14-21-23(28)12-17(13-24(21)29)16-6-8-18(25)9-7-16/h2-9,14,17,27-28H,10-13H2,1H3/p+1/t17-/m1/s1. The number of H-pyrrole nitrogens is 1. The Morgan fingerprint density at radius 2 is 1.93 bits per heavy atom. The van der Waals surface area contributed by atoms with Crippen molar-refractivity contribution in [2.45, 2.75) is 32.1 Å². The van der Waals surface area contributed by atoms with E-state index in [1.165, 1.54) is 23.1 Å². The number of benzene rings is 2. The lowest BCUT2D eigenvalue weighted by atomic mass is 9.83. The molecule has 2 aromatic carbocycles. The molecule has 0 aliphatic heterocycles. The van der Waals surface area contributed by atoms with Crippen molar-refractivity contribution in [1.29, 1.82) is 0 Å². The van der Waals surface area contributed by atoms with Crippen molar-refractivity contribution >= 4 is 22.9 Å². The monoisotopic (exact) mass is 391 g/mol. The molecule has 1 heterocycles. The molecule has 1 atom stereocenters. The second-order valence-electron chi connectivity index (χ2n) is 7.56. The average molecular weight is 391 g/mol. The number of halogens is 1. The highest BCUT2D eigenvalue weighted by Gasteiger charge is 2.29. The summed E-state index contributed by atoms with van der Waals surface area (Å²) in [7, 11) is 0. The van der Waals surface area contributed by atoms with Crippen molar-refractivity contribution in [2.24, 2.45) is 0 Å². The second-order valence-corrected chi connectivity index (χ2v) is 7.56. The first-order valence-corrected chi connectivity index (χ1v) is 9.86. The Labute approximate surface area is 168 Å². The normalized spacial score (nSPS) is 17.6. The number of aliphatic hydroxyl groups excluding tert-OH is 1. The number of nitrogens with one attached hydrogen (secondary N) is 2. The van der Waals surface area contributed by atoms with E-state index < -0.39 is 0 Å². The van der Waals surface area contributed by atoms with Gasteiger partial charge in [-0.1, -0.05) is 30.3 Å². The molecule has 0 saturated carbocycles. The van der Waals surface area contributed by atoms with Gasteiger partial charge in [0.1, 0.15) is 23.7 Å². The van der Waals surface area contributed by atoms with E-state index in [0.717, 1.165) is 23.2 Å². The Morgan fingerprint density at radius 1 is 1.17 bits per heavy atom. The quantitative estimate of drug-likeness (QED) is 0.585. The highest BCUT2D eigenvalue weighted by atomic mass is 19.1. The second kappa shape index (κ2) is 8.03. The molecule has 0 bridgehead atoms. The van der Waals surface area contributed by atoms with Crippen LogP contribution >= 0.6 is 0 Å². The van der Waals surface area contributed by atoms with E-state index in [9.17, 15) is 14.3 Å². The third kappa shape index (κ3) is 3.99. The van der Waals surface area contributed by atoms with Crippen LogP contribution in [0.1, 0.15) is 35.6 Å². The Morgan fingerprint density at radius 3 is 2.69 bits per heavy atom. The number of fused-ring (bicyclic) bond motifs is 1. The number of carbonyl (C=O) groups excluding carboxylic acids is 1. The zero-order valence-electron chi connectivity index (χ0n) is 16.3. The topological polar surface area (TPSA) is 67.1 Å². The minimum atomic E-state index is -0.306. The first-order valence-electron chi connectivity index (χ1n) is 9.86. The molecule has 0 fully saturated rings. The van der Waals surface area contributed by atoms with Gasteiger partial charge in [0.25, 0.3) is 0 Å². The maximum Gasteiger partial charge on any atom is 0.176 e. The molecule has 1 aliphatic rings. The predicted octanol–water partition coefficient (Wildman–Crippen LogP) is 3.27. The molecule has 4 nitrogen and oxygen atoms in total. The maximum absolute atomic E-state index is 13.1. The summed E-state index contributed by atoms with van der Waals surface area (Å²) in [5, 5.41) is 11.6. The van der Waals surface area contributed by atoms with Crippen molar-refractivity contribution in [3.05, 3.63) is 82.5 Å². The molecule has 0 saturated heterocycles. The third-order valence-corrected chi connectivity index (χ3v) is 5.62. The molecule has 0 radical (unpaired) electrons. The number of allylic oxidation sites excluding steroid dienone is 2. The molecular formula is C24H24FN2O2+. The molecule has 0 spiro atoms. The van der Waals surface area contributed by atoms with Crippen molar-refractivity contribution in [1.82, 2.24) is 4.98 Å². The SMILES string of the molecule is Cc1[nH]c2ccccc2c1CC[NH+]=CC1=C(O)C[C@@H](c2ccc(F)cc2)CC1=O. The van der Waals surface area contributed by atoms with Gasteiger partial charge in [-0.25, -0.2) is 9.38 Å². The van der Waals surface area contributed by atoms with E-state index in [1.807, 2.05) is 12.1 Å². The van der Waals surface area contributed by atoms with Crippen LogP contribution in [0.15, 0.2) is 59.9 Å². The minimum Gasteiger partial charge on any atom is -0.511 e. The molecule has 148 valence electrons. The van der Waals surface area contributed by atoms with Crippen LogP contribution in [-0.2, 0) is 11.2 Å². The zero-order chi connectivity index (χ0) is 20.4. The summed E-state index contributed by atoms with van der Waals surface area (Å²) in [6, 6.07) is 14.3. The molecular weight excluding hydrogens is 367 g/mol. The van der Waals surface area contributed by atoms with Gasteiger partial charge in [-0.05, 0) is 42.2 Å². The van der Waals surface area contributed by atoms with Crippen LogP contribution in [0.5, 0.6) is 0 Å². The minimum absolute atomic E-state index is 0.0892. The Kier molecular flexibility index (Phi) is 5.30. The summed E-state index contributed by atoms with van der Waals surface area (Å²) in [5.74, 6) is -0.432. The lowest BCUT2D eigenvalue weighted by Crippen LogP contribution is -2.70. The van der Waals surface area contributed by atoms with Gasteiger partial charge < -0.3 is 10.1 Å². The number of hydrogen-bond donors (Lipinski definition) is 3. The van der Waals surface area contributed by atoms with Gasteiger partial charge in [0, 0.05) is 35.9 Å². The number of ketones is 1. The number of hydrogen-bond acceptors (Lipinski definition) is 2. The third-order valence-electron chi connectivity index (χ3n) is 5.62. The first-order chi connectivity index (χ1) is 14.0. The number of para-hydroxylation sites is 1. The van der Waals surface area contributed by atoms with Crippen LogP contribution in [0.4, 0.5) is 4.39 Å². The van der Waals surface area contributed by atoms with Gasteiger partial charge >= 0.3 is 0 Å². The molecule has 4 rings (SSSR count). The number of Topliss-reactive ketones (excluding diaryl/α,β-unsaturated/α-hetero) is 1. The van der Waals surface area contributed by atoms with Crippen molar-refractivity contribution in [2.75, 3.05) is 6.54 Å². The Balaban J connectivity index is 1.44. The predicted molar refractivity (Wildman–Crippen MR) is 112 cm³/mol. The van der Waals surface area contributed by atoms with Gasteiger partial charge in [-0.3, -0.25) is 4.79 Å². The van der Waals surface area contributed by atoms with Gasteiger partial charge in [-0.2, -0.15) is 0 Å². The molecule has 1 aliphatic carbocycles. The van der Waals surface area contributed by atoms with Crippen molar-refractivity contribution in [3.8, 4) is 0 Å². The van der Waals surface area contributed by atoms with E-state index in [1.54, 1.807) is 18.3 Å². The fourth-order valence-electron chi connectivity index (χ4n) is 4.07. The van der Waals surface area contributed by atoms with E-state index in [4.69, 9.17) is 0 Å². The van der Waals surface area contributed by atoms with Crippen LogP contribution in [0.2, 0.25) is 0 Å². The van der Waals surface area contributed by atoms with Crippen LogP contribution in [0, 0.1) is 12.7 Å². The van der Waals surface area contributed by atoms with Crippen LogP contribution in [0.3, 0.4) is 0 Å². The fraction of sp³-hybridized carbons (Fsp3) is 0.250. The Hall–Kier alpha value is -3.21. The number of carbonyl (C=O) groups is 1. The lowest BCUT2D eigenvalue weighted by Gasteiger charge is -2.21. The highest BCUT2D eigenvalue weighted by Crippen LogP contribution is 2.32. The lowest BCUT2D eigenvalue weighted by molar-refractivity contribution is -0.450. The van der Waals surface area contributed by atoms with E-state index in [-0.39, 0.29) is 23.3 Å². The molecule has 29 heavy (non-hydrogen) atoms. The van der Waals surface area contributed by atoms with Gasteiger partial charge in [0.2, 0.25) is 0 Å². The zero-order valence-corrected chi connectivity index (χ0v) is 16.3. The summed E-state index contributed by atoms with van der Waals surface area (Å²) in [5.41, 5.74) is 4.74. The highest BCUT2D eigenvalue weighted by molar-refractivity contribution is 6.13. The van der Waals surface area contributed by atoms with Crippen molar-refractivity contribution < 1.29 is 19.3 Å². The number of aromatic nitrogens is 1.